The molecule has 0 saturated carbocycles. The second-order valence-corrected chi connectivity index (χ2v) is 6.09. The Hall–Kier alpha value is -1.21. The van der Waals surface area contributed by atoms with Crippen LogP contribution in [-0.4, -0.2) is 25.2 Å². The van der Waals surface area contributed by atoms with Gasteiger partial charge >= 0.3 is 0 Å². The van der Waals surface area contributed by atoms with Crippen LogP contribution in [-0.2, 0) is 11.3 Å². The van der Waals surface area contributed by atoms with Gasteiger partial charge in [-0.2, -0.15) is 0 Å². The molecule has 1 N–H and O–H groups in total. The summed E-state index contributed by atoms with van der Waals surface area (Å²) in [6, 6.07) is 4.31. The van der Waals surface area contributed by atoms with Crippen LogP contribution in [0.2, 0.25) is 0 Å². The van der Waals surface area contributed by atoms with Gasteiger partial charge in [-0.05, 0) is 17.5 Å². The standard InChI is InChI=1S/C13H14N2O2S2/c1-16-4-3-14-7-9-13(17-8-15-9)12-6-11-10(19-12)2-5-18-11/h2,5-6,8,14H,3-4,7H2,1H3. The average Bonchev–Trinajstić information content (AvgIpc) is 3.08. The number of fused-ring (bicyclic) bond motifs is 1. The van der Waals surface area contributed by atoms with E-state index in [4.69, 9.17) is 9.15 Å². The second kappa shape index (κ2) is 5.83. The number of ether oxygens (including phenoxy) is 1. The van der Waals surface area contributed by atoms with Crippen LogP contribution in [0.5, 0.6) is 0 Å². The smallest absolute Gasteiger partial charge is 0.181 e. The Bertz CT molecular complexity index is 628. The third kappa shape index (κ3) is 2.71. The molecule has 0 unspecified atom stereocenters. The highest BCUT2D eigenvalue weighted by Crippen LogP contribution is 2.37. The largest absolute Gasteiger partial charge is 0.442 e. The molecule has 100 valence electrons. The van der Waals surface area contributed by atoms with Gasteiger partial charge in [0.25, 0.3) is 0 Å². The molecule has 0 fully saturated rings. The third-order valence-corrected chi connectivity index (χ3v) is 4.87. The summed E-state index contributed by atoms with van der Waals surface area (Å²) in [5.74, 6) is 0.873. The molecule has 0 amide bonds. The molecule has 0 aliphatic heterocycles. The number of oxazole rings is 1. The number of aromatic nitrogens is 1. The van der Waals surface area contributed by atoms with Gasteiger partial charge in [-0.15, -0.1) is 22.7 Å². The first kappa shape index (κ1) is 12.8. The van der Waals surface area contributed by atoms with Gasteiger partial charge in [-0.1, -0.05) is 0 Å². The van der Waals surface area contributed by atoms with E-state index >= 15 is 0 Å². The van der Waals surface area contributed by atoms with Crippen molar-refractivity contribution in [2.45, 2.75) is 6.54 Å². The molecule has 3 heterocycles. The summed E-state index contributed by atoms with van der Waals surface area (Å²) < 4.78 is 13.1. The highest BCUT2D eigenvalue weighted by Gasteiger charge is 2.13. The molecule has 19 heavy (non-hydrogen) atoms. The molecule has 0 aromatic carbocycles. The number of hydrogen-bond acceptors (Lipinski definition) is 6. The summed E-state index contributed by atoms with van der Waals surface area (Å²) >= 11 is 3.50. The maximum atomic E-state index is 5.54. The SMILES string of the molecule is COCCNCc1ncoc1-c1cc2sccc2s1. The average molecular weight is 294 g/mol. The van der Waals surface area contributed by atoms with Gasteiger partial charge in [0.2, 0.25) is 0 Å². The van der Waals surface area contributed by atoms with Crippen molar-refractivity contribution in [1.82, 2.24) is 10.3 Å². The summed E-state index contributed by atoms with van der Waals surface area (Å²) in [4.78, 5) is 5.43. The Morgan fingerprint density at radius 3 is 3.21 bits per heavy atom. The Morgan fingerprint density at radius 1 is 1.42 bits per heavy atom. The molecule has 0 radical (unpaired) electrons. The van der Waals surface area contributed by atoms with Crippen LogP contribution in [0.25, 0.3) is 20.0 Å². The van der Waals surface area contributed by atoms with Gasteiger partial charge < -0.3 is 14.5 Å². The first-order valence-electron chi connectivity index (χ1n) is 5.98. The predicted molar refractivity (Wildman–Crippen MR) is 78.8 cm³/mol. The van der Waals surface area contributed by atoms with E-state index in [9.17, 15) is 0 Å². The summed E-state index contributed by atoms with van der Waals surface area (Å²) in [5.41, 5.74) is 0.949. The minimum Gasteiger partial charge on any atom is -0.442 e. The first-order valence-corrected chi connectivity index (χ1v) is 7.67. The van der Waals surface area contributed by atoms with Crippen LogP contribution in [0, 0.1) is 0 Å². The minimum absolute atomic E-state index is 0.695. The van der Waals surface area contributed by atoms with Crippen LogP contribution >= 0.6 is 22.7 Å². The Labute approximate surface area is 119 Å². The quantitative estimate of drug-likeness (QED) is 0.708. The second-order valence-electron chi connectivity index (χ2n) is 4.06. The third-order valence-electron chi connectivity index (χ3n) is 2.78. The monoisotopic (exact) mass is 294 g/mol. The van der Waals surface area contributed by atoms with Crippen molar-refractivity contribution in [2.75, 3.05) is 20.3 Å². The number of nitrogens with one attached hydrogen (secondary N) is 1. The van der Waals surface area contributed by atoms with Crippen LogP contribution in [0.3, 0.4) is 0 Å². The summed E-state index contributed by atoms with van der Waals surface area (Å²) in [6.07, 6.45) is 1.51. The van der Waals surface area contributed by atoms with Gasteiger partial charge in [0, 0.05) is 29.6 Å². The molecule has 0 bridgehead atoms. The lowest BCUT2D eigenvalue weighted by Crippen LogP contribution is -2.19. The highest BCUT2D eigenvalue weighted by atomic mass is 32.1. The van der Waals surface area contributed by atoms with E-state index < -0.39 is 0 Å². The molecular formula is C13H14N2O2S2. The molecule has 3 aromatic heterocycles. The maximum Gasteiger partial charge on any atom is 0.181 e. The molecular weight excluding hydrogens is 280 g/mol. The summed E-state index contributed by atoms with van der Waals surface area (Å²) in [5, 5.41) is 5.40. The van der Waals surface area contributed by atoms with Gasteiger partial charge in [-0.3, -0.25) is 0 Å². The minimum atomic E-state index is 0.695. The molecule has 0 atom stereocenters. The molecule has 0 saturated heterocycles. The van der Waals surface area contributed by atoms with Crippen molar-refractivity contribution in [3.63, 3.8) is 0 Å². The lowest BCUT2D eigenvalue weighted by Gasteiger charge is -2.02. The molecule has 6 heteroatoms. The fraction of sp³-hybridized carbons (Fsp3) is 0.308. The van der Waals surface area contributed by atoms with E-state index in [1.54, 1.807) is 29.8 Å². The number of rotatable bonds is 6. The molecule has 3 rings (SSSR count). The Kier molecular flexibility index (Phi) is 3.93. The number of hydrogen-bond donors (Lipinski definition) is 1. The first-order chi connectivity index (χ1) is 9.38. The molecule has 4 nitrogen and oxygen atoms in total. The van der Waals surface area contributed by atoms with E-state index in [0.29, 0.717) is 13.2 Å². The van der Waals surface area contributed by atoms with Crippen molar-refractivity contribution in [3.8, 4) is 10.6 Å². The summed E-state index contributed by atoms with van der Waals surface area (Å²) in [7, 11) is 1.70. The molecule has 0 aliphatic carbocycles. The highest BCUT2D eigenvalue weighted by molar-refractivity contribution is 7.28. The molecule has 0 aliphatic rings. The van der Waals surface area contributed by atoms with E-state index in [0.717, 1.165) is 22.9 Å². The van der Waals surface area contributed by atoms with Crippen molar-refractivity contribution in [1.29, 1.82) is 0 Å². The van der Waals surface area contributed by atoms with Crippen molar-refractivity contribution < 1.29 is 9.15 Å². The van der Waals surface area contributed by atoms with Crippen LogP contribution in [0.1, 0.15) is 5.69 Å². The summed E-state index contributed by atoms with van der Waals surface area (Å²) in [6.45, 7) is 2.20. The predicted octanol–water partition coefficient (Wildman–Crippen LogP) is 3.35. The zero-order chi connectivity index (χ0) is 13.1. The van der Waals surface area contributed by atoms with Crippen molar-refractivity contribution >= 4 is 32.1 Å². The fourth-order valence-corrected chi connectivity index (χ4v) is 3.97. The molecule has 0 spiro atoms. The maximum absolute atomic E-state index is 5.54. The van der Waals surface area contributed by atoms with Gasteiger partial charge in [0.1, 0.15) is 5.69 Å². The van der Waals surface area contributed by atoms with Crippen LogP contribution in [0.4, 0.5) is 0 Å². The fourth-order valence-electron chi connectivity index (χ4n) is 1.85. The van der Waals surface area contributed by atoms with Crippen LogP contribution in [0.15, 0.2) is 28.3 Å². The van der Waals surface area contributed by atoms with Gasteiger partial charge in [0.15, 0.2) is 12.2 Å². The van der Waals surface area contributed by atoms with Gasteiger partial charge in [0.05, 0.1) is 11.5 Å². The Balaban J connectivity index is 1.77. The van der Waals surface area contributed by atoms with Crippen molar-refractivity contribution in [3.05, 3.63) is 29.6 Å². The molecule has 3 aromatic rings. The number of thiophene rings is 2. The topological polar surface area (TPSA) is 47.3 Å². The lowest BCUT2D eigenvalue weighted by molar-refractivity contribution is 0.199. The van der Waals surface area contributed by atoms with Crippen molar-refractivity contribution in [2.24, 2.45) is 0 Å². The van der Waals surface area contributed by atoms with E-state index in [1.807, 2.05) is 0 Å². The van der Waals surface area contributed by atoms with E-state index in [1.165, 1.54) is 15.8 Å². The number of nitrogens with zero attached hydrogens (tertiary/aromatic N) is 1. The van der Waals surface area contributed by atoms with E-state index in [2.05, 4.69) is 27.8 Å². The Morgan fingerprint density at radius 2 is 2.37 bits per heavy atom. The lowest BCUT2D eigenvalue weighted by atomic mass is 10.3. The van der Waals surface area contributed by atoms with Crippen LogP contribution < -0.4 is 5.32 Å². The zero-order valence-electron chi connectivity index (χ0n) is 10.5. The zero-order valence-corrected chi connectivity index (χ0v) is 12.1. The normalized spacial score (nSPS) is 11.4. The number of methoxy groups -OCH3 is 1. The van der Waals surface area contributed by atoms with E-state index in [-0.39, 0.29) is 0 Å². The van der Waals surface area contributed by atoms with Gasteiger partial charge in [-0.25, -0.2) is 4.98 Å².